The molecule has 2 fully saturated rings. The van der Waals surface area contributed by atoms with Gasteiger partial charge in [0.15, 0.2) is 0 Å². The number of anilines is 3. The standard InChI is InChI=1S/C52H49N/c1-32-27-33-13-12-14-34(28-33)52(32)46-20-11-8-17-40(46)43-26-23-37(31-49(43)52)53(35-21-24-41-38-15-6-9-18-44(38)50(2,3)47(41)29-35)36-22-25-42-39-16-7-10-19-45(39)51(4,5)48(42)30-36/h6-11,15-26,29-34H,12-14,27-28H2,1-5H3. The molecule has 2 saturated carbocycles. The molecule has 0 saturated heterocycles. The molecule has 4 atom stereocenters. The fourth-order valence-electron chi connectivity index (χ4n) is 12.6. The summed E-state index contributed by atoms with van der Waals surface area (Å²) in [5.74, 6) is 2.17. The number of nitrogens with zero attached hydrogens (tertiary/aromatic N) is 1. The summed E-state index contributed by atoms with van der Waals surface area (Å²) in [6, 6.07) is 49.6. The van der Waals surface area contributed by atoms with Crippen LogP contribution in [0.25, 0.3) is 33.4 Å². The molecule has 11 rings (SSSR count). The van der Waals surface area contributed by atoms with E-state index in [9.17, 15) is 0 Å². The molecule has 1 nitrogen and oxygen atoms in total. The molecule has 0 radical (unpaired) electrons. The molecule has 53 heavy (non-hydrogen) atoms. The van der Waals surface area contributed by atoms with Gasteiger partial charge >= 0.3 is 0 Å². The molecule has 0 N–H and O–H groups in total. The van der Waals surface area contributed by atoms with Gasteiger partial charge in [-0.05, 0) is 140 Å². The van der Waals surface area contributed by atoms with E-state index in [0.29, 0.717) is 11.8 Å². The van der Waals surface area contributed by atoms with Crippen molar-refractivity contribution in [2.24, 2.45) is 17.8 Å². The lowest BCUT2D eigenvalue weighted by molar-refractivity contribution is 0.0670. The van der Waals surface area contributed by atoms with Crippen LogP contribution in [0.1, 0.15) is 100 Å². The summed E-state index contributed by atoms with van der Waals surface area (Å²) in [6.07, 6.45) is 6.82. The zero-order valence-corrected chi connectivity index (χ0v) is 31.8. The lowest BCUT2D eigenvalue weighted by Gasteiger charge is -2.53. The Labute approximate surface area is 315 Å². The van der Waals surface area contributed by atoms with E-state index in [0.717, 1.165) is 5.92 Å². The van der Waals surface area contributed by atoms with E-state index in [1.54, 1.807) is 11.1 Å². The Morgan fingerprint density at radius 2 is 0.887 bits per heavy atom. The van der Waals surface area contributed by atoms with E-state index in [1.165, 1.54) is 105 Å². The van der Waals surface area contributed by atoms with Gasteiger partial charge < -0.3 is 4.90 Å². The third kappa shape index (κ3) is 4.09. The molecule has 0 aromatic heterocycles. The van der Waals surface area contributed by atoms with Crippen LogP contribution >= 0.6 is 0 Å². The largest absolute Gasteiger partial charge is 0.310 e. The van der Waals surface area contributed by atoms with Crippen LogP contribution in [0.15, 0.2) is 127 Å². The van der Waals surface area contributed by atoms with Crippen molar-refractivity contribution < 1.29 is 0 Å². The summed E-state index contributed by atoms with van der Waals surface area (Å²) in [5.41, 5.74) is 20.9. The molecule has 0 amide bonds. The zero-order chi connectivity index (χ0) is 35.9. The smallest absolute Gasteiger partial charge is 0.0465 e. The van der Waals surface area contributed by atoms with Crippen molar-refractivity contribution in [1.29, 1.82) is 0 Å². The van der Waals surface area contributed by atoms with Crippen molar-refractivity contribution in [2.75, 3.05) is 4.90 Å². The van der Waals surface area contributed by atoms with Crippen LogP contribution in [0.4, 0.5) is 17.1 Å². The van der Waals surface area contributed by atoms with Crippen LogP contribution < -0.4 is 4.90 Å². The molecule has 6 aromatic carbocycles. The van der Waals surface area contributed by atoms with Crippen molar-refractivity contribution in [3.05, 3.63) is 161 Å². The lowest BCUT2D eigenvalue weighted by atomic mass is 9.51. The SMILES string of the molecule is CC1CC2CCCC(C2)C12c1ccccc1-c1ccc(N(c3ccc4c(c3)C(C)(C)c3ccccc3-4)c3ccc4c(c3)C(C)(C)c3ccccc3-4)cc12. The van der Waals surface area contributed by atoms with E-state index >= 15 is 0 Å². The first-order chi connectivity index (χ1) is 25.7. The number of rotatable bonds is 3. The van der Waals surface area contributed by atoms with Gasteiger partial charge in [-0.3, -0.25) is 0 Å². The third-order valence-corrected chi connectivity index (χ3v) is 14.9. The Morgan fingerprint density at radius 1 is 0.453 bits per heavy atom. The Kier molecular flexibility index (Phi) is 6.47. The first-order valence-corrected chi connectivity index (χ1v) is 20.2. The molecule has 2 bridgehead atoms. The third-order valence-electron chi connectivity index (χ3n) is 14.9. The van der Waals surface area contributed by atoms with Crippen molar-refractivity contribution in [3.63, 3.8) is 0 Å². The second kappa shape index (κ2) is 10.8. The van der Waals surface area contributed by atoms with Gasteiger partial charge in [-0.2, -0.15) is 0 Å². The number of hydrogen-bond donors (Lipinski definition) is 0. The molecular formula is C52H49N. The summed E-state index contributed by atoms with van der Waals surface area (Å²) < 4.78 is 0. The second-order valence-electron chi connectivity index (χ2n) is 18.1. The minimum absolute atomic E-state index is 0.0632. The van der Waals surface area contributed by atoms with Gasteiger partial charge in [0.1, 0.15) is 0 Å². The Morgan fingerprint density at radius 3 is 1.43 bits per heavy atom. The summed E-state index contributed by atoms with van der Waals surface area (Å²) in [6.45, 7) is 12.2. The van der Waals surface area contributed by atoms with E-state index in [2.05, 4.69) is 167 Å². The van der Waals surface area contributed by atoms with Gasteiger partial charge in [0.2, 0.25) is 0 Å². The van der Waals surface area contributed by atoms with Gasteiger partial charge in [0.25, 0.3) is 0 Å². The zero-order valence-electron chi connectivity index (χ0n) is 31.8. The average molecular weight is 688 g/mol. The van der Waals surface area contributed by atoms with E-state index in [-0.39, 0.29) is 16.2 Å². The van der Waals surface area contributed by atoms with Crippen molar-refractivity contribution in [2.45, 2.75) is 83.0 Å². The van der Waals surface area contributed by atoms with Gasteiger partial charge in [-0.25, -0.2) is 0 Å². The molecule has 5 aliphatic rings. The minimum atomic E-state index is -0.0755. The van der Waals surface area contributed by atoms with Gasteiger partial charge in [0, 0.05) is 33.3 Å². The minimum Gasteiger partial charge on any atom is -0.310 e. The van der Waals surface area contributed by atoms with Gasteiger partial charge in [-0.1, -0.05) is 138 Å². The predicted molar refractivity (Wildman–Crippen MR) is 222 cm³/mol. The topological polar surface area (TPSA) is 3.24 Å². The molecule has 0 aliphatic heterocycles. The summed E-state index contributed by atoms with van der Waals surface area (Å²) in [7, 11) is 0. The fraction of sp³-hybridized carbons (Fsp3) is 0.308. The molecule has 4 unspecified atom stereocenters. The van der Waals surface area contributed by atoms with Crippen molar-refractivity contribution in [1.82, 2.24) is 0 Å². The monoisotopic (exact) mass is 687 g/mol. The fourth-order valence-corrected chi connectivity index (χ4v) is 12.6. The van der Waals surface area contributed by atoms with Crippen LogP contribution in [-0.2, 0) is 16.2 Å². The van der Waals surface area contributed by atoms with Crippen LogP contribution in [0.2, 0.25) is 0 Å². The highest BCUT2D eigenvalue weighted by molar-refractivity contribution is 5.90. The quantitative estimate of drug-likeness (QED) is 0.179. The van der Waals surface area contributed by atoms with Crippen LogP contribution in [0, 0.1) is 17.8 Å². The Hall–Kier alpha value is -4.88. The lowest BCUT2D eigenvalue weighted by Crippen LogP contribution is -2.48. The maximum Gasteiger partial charge on any atom is 0.0465 e. The Bertz CT molecular complexity index is 2390. The van der Waals surface area contributed by atoms with E-state index < -0.39 is 0 Å². The summed E-state index contributed by atoms with van der Waals surface area (Å²) in [4.78, 5) is 2.59. The van der Waals surface area contributed by atoms with E-state index in [4.69, 9.17) is 0 Å². The summed E-state index contributed by atoms with van der Waals surface area (Å²) in [5, 5.41) is 0. The molecule has 6 aromatic rings. The predicted octanol–water partition coefficient (Wildman–Crippen LogP) is 13.9. The first kappa shape index (κ1) is 31.6. The normalized spacial score (nSPS) is 24.5. The second-order valence-corrected chi connectivity index (χ2v) is 18.1. The molecule has 1 heteroatoms. The number of benzene rings is 6. The maximum absolute atomic E-state index is 2.64. The first-order valence-electron chi connectivity index (χ1n) is 20.2. The highest BCUT2D eigenvalue weighted by Crippen LogP contribution is 2.64. The highest BCUT2D eigenvalue weighted by atomic mass is 15.1. The highest BCUT2D eigenvalue weighted by Gasteiger charge is 2.56. The van der Waals surface area contributed by atoms with Crippen LogP contribution in [0.5, 0.6) is 0 Å². The molecule has 1 spiro atoms. The molecule has 5 aliphatic carbocycles. The van der Waals surface area contributed by atoms with Crippen LogP contribution in [0.3, 0.4) is 0 Å². The molecular weight excluding hydrogens is 639 g/mol. The van der Waals surface area contributed by atoms with Gasteiger partial charge in [0.05, 0.1) is 0 Å². The van der Waals surface area contributed by atoms with Gasteiger partial charge in [-0.15, -0.1) is 0 Å². The van der Waals surface area contributed by atoms with Crippen LogP contribution in [-0.4, -0.2) is 0 Å². The molecule has 0 heterocycles. The Balaban J connectivity index is 1.14. The summed E-state index contributed by atoms with van der Waals surface area (Å²) >= 11 is 0. The van der Waals surface area contributed by atoms with Crippen molar-refractivity contribution >= 4 is 17.1 Å². The van der Waals surface area contributed by atoms with Crippen molar-refractivity contribution in [3.8, 4) is 33.4 Å². The molecule has 262 valence electrons. The maximum atomic E-state index is 2.64. The number of hydrogen-bond acceptors (Lipinski definition) is 1. The van der Waals surface area contributed by atoms with E-state index in [1.807, 2.05) is 0 Å². The number of fused-ring (bicyclic) bond motifs is 14. The average Bonchev–Trinajstić information content (AvgIpc) is 3.69.